The van der Waals surface area contributed by atoms with Crippen LogP contribution >= 0.6 is 11.3 Å². The maximum atomic E-state index is 13.6. The van der Waals surface area contributed by atoms with Crippen LogP contribution in [0.15, 0.2) is 30.9 Å². The Hall–Kier alpha value is -3.61. The molecule has 0 unspecified atom stereocenters. The smallest absolute Gasteiger partial charge is 0.306 e. The number of pyridine rings is 2. The highest BCUT2D eigenvalue weighted by Gasteiger charge is 2.36. The van der Waals surface area contributed by atoms with Gasteiger partial charge < -0.3 is 10.6 Å². The highest BCUT2D eigenvalue weighted by molar-refractivity contribution is 7.18. The highest BCUT2D eigenvalue weighted by Crippen LogP contribution is 2.46. The number of carbonyl (C=O) groups excluding carboxylic acids is 1. The molecule has 0 saturated heterocycles. The van der Waals surface area contributed by atoms with Crippen molar-refractivity contribution in [3.8, 4) is 5.82 Å². The maximum absolute atomic E-state index is 13.6. The molecule has 2 N–H and O–H groups in total. The Bertz CT molecular complexity index is 1310. The van der Waals surface area contributed by atoms with Gasteiger partial charge in [0.05, 0.1) is 41.2 Å². The van der Waals surface area contributed by atoms with Crippen molar-refractivity contribution in [1.29, 1.82) is 0 Å². The molecule has 1 fully saturated rings. The Labute approximate surface area is 182 Å². The summed E-state index contributed by atoms with van der Waals surface area (Å²) < 4.78 is 40.7. The van der Waals surface area contributed by atoms with E-state index >= 15 is 0 Å². The van der Waals surface area contributed by atoms with Gasteiger partial charge in [-0.15, -0.1) is 4.80 Å². The number of hydrogen-bond donors (Lipinski definition) is 2. The summed E-state index contributed by atoms with van der Waals surface area (Å²) in [6, 6.07) is 0.0816. The summed E-state index contributed by atoms with van der Waals surface area (Å²) in [5, 5.41) is 13.4. The number of anilines is 2. The van der Waals surface area contributed by atoms with E-state index in [1.54, 1.807) is 6.20 Å². The molecule has 0 spiro atoms. The fourth-order valence-corrected chi connectivity index (χ4v) is 4.16. The number of urea groups is 1. The van der Waals surface area contributed by atoms with Gasteiger partial charge in [0.15, 0.2) is 5.82 Å². The van der Waals surface area contributed by atoms with Crippen LogP contribution in [0.4, 0.5) is 29.3 Å². The molecule has 1 aliphatic carbocycles. The number of halogens is 3. The van der Waals surface area contributed by atoms with Gasteiger partial charge >= 0.3 is 12.2 Å². The average molecular weight is 460 g/mol. The van der Waals surface area contributed by atoms with E-state index in [4.69, 9.17) is 0 Å². The van der Waals surface area contributed by atoms with E-state index in [2.05, 4.69) is 35.8 Å². The molecule has 1 saturated carbocycles. The largest absolute Gasteiger partial charge is 0.420 e. The Morgan fingerprint density at radius 1 is 1.16 bits per heavy atom. The van der Waals surface area contributed by atoms with Crippen molar-refractivity contribution in [2.75, 3.05) is 10.6 Å². The fraction of sp³-hybridized carbons (Fsp3) is 0.263. The maximum Gasteiger partial charge on any atom is 0.420 e. The minimum atomic E-state index is -4.72. The van der Waals surface area contributed by atoms with Crippen LogP contribution < -0.4 is 10.6 Å². The molecule has 0 aliphatic heterocycles. The normalized spacial score (nSPS) is 14.0. The van der Waals surface area contributed by atoms with Crippen LogP contribution in [0.1, 0.15) is 34.9 Å². The first-order valence-corrected chi connectivity index (χ1v) is 10.4. The summed E-state index contributed by atoms with van der Waals surface area (Å²) in [5.74, 6) is -0.213. The molecule has 13 heteroatoms. The Morgan fingerprint density at radius 2 is 1.91 bits per heavy atom. The fourth-order valence-electron chi connectivity index (χ4n) is 3.39. The first-order chi connectivity index (χ1) is 15.3. The lowest BCUT2D eigenvalue weighted by atomic mass is 10.1. The summed E-state index contributed by atoms with van der Waals surface area (Å²) in [4.78, 5) is 26.8. The number of nitrogens with zero attached hydrogens (tertiary/aromatic N) is 6. The number of aromatic nitrogens is 6. The molecule has 4 heterocycles. The predicted molar refractivity (Wildman–Crippen MR) is 111 cm³/mol. The molecular weight excluding hydrogens is 445 g/mol. The molecule has 9 nitrogen and oxygen atoms in total. The van der Waals surface area contributed by atoms with Crippen molar-refractivity contribution >= 4 is 39.1 Å². The van der Waals surface area contributed by atoms with Crippen molar-refractivity contribution in [2.45, 2.75) is 31.9 Å². The van der Waals surface area contributed by atoms with E-state index in [9.17, 15) is 18.0 Å². The van der Waals surface area contributed by atoms with Crippen LogP contribution in [0.5, 0.6) is 0 Å². The van der Waals surface area contributed by atoms with Crippen LogP contribution in [0.3, 0.4) is 0 Å². The molecular formula is C19H15F3N8OS. The van der Waals surface area contributed by atoms with Crippen molar-refractivity contribution in [1.82, 2.24) is 29.9 Å². The summed E-state index contributed by atoms with van der Waals surface area (Å²) in [7, 11) is 0. The lowest BCUT2D eigenvalue weighted by Crippen LogP contribution is -2.22. The van der Waals surface area contributed by atoms with Crippen molar-refractivity contribution in [3.05, 3.63) is 47.0 Å². The number of aryl methyl sites for hydroxylation is 1. The van der Waals surface area contributed by atoms with Gasteiger partial charge in [-0.3, -0.25) is 0 Å². The number of amides is 2. The standard InChI is InChI=1S/C19H15F3N8OS/c1-9-27-15-14(10-2-3-10)13(8-24-17(15)32-9)29-18(31)28-11-6-12(19(20,21)22)16(23-7-11)30-25-4-5-26-30/h4-8,10H,2-3H2,1H3,(H2,28,29,31). The molecule has 0 atom stereocenters. The molecule has 4 aromatic rings. The zero-order valence-corrected chi connectivity index (χ0v) is 17.3. The van der Waals surface area contributed by atoms with Crippen LogP contribution in [0, 0.1) is 6.92 Å². The summed E-state index contributed by atoms with van der Waals surface area (Å²) >= 11 is 1.47. The summed E-state index contributed by atoms with van der Waals surface area (Å²) in [5.41, 5.74) is 0.946. The second-order valence-electron chi connectivity index (χ2n) is 7.24. The van der Waals surface area contributed by atoms with Gasteiger partial charge in [0, 0.05) is 5.56 Å². The average Bonchev–Trinajstić information content (AvgIpc) is 3.26. The monoisotopic (exact) mass is 460 g/mol. The van der Waals surface area contributed by atoms with E-state index in [1.165, 1.54) is 23.7 Å². The third-order valence-corrected chi connectivity index (χ3v) is 5.72. The Kier molecular flexibility index (Phi) is 4.77. The van der Waals surface area contributed by atoms with E-state index in [-0.39, 0.29) is 11.6 Å². The molecule has 164 valence electrons. The highest BCUT2D eigenvalue weighted by atomic mass is 32.1. The molecule has 32 heavy (non-hydrogen) atoms. The van der Waals surface area contributed by atoms with Crippen molar-refractivity contribution in [2.24, 2.45) is 0 Å². The van der Waals surface area contributed by atoms with Gasteiger partial charge in [0.2, 0.25) is 0 Å². The van der Waals surface area contributed by atoms with E-state index in [1.807, 2.05) is 6.92 Å². The predicted octanol–water partition coefficient (Wildman–Crippen LogP) is 4.52. The number of fused-ring (bicyclic) bond motifs is 1. The third-order valence-electron chi connectivity index (χ3n) is 4.84. The minimum absolute atomic E-state index is 0.128. The molecule has 0 bridgehead atoms. The third kappa shape index (κ3) is 3.86. The molecule has 5 rings (SSSR count). The van der Waals surface area contributed by atoms with Gasteiger partial charge in [-0.2, -0.15) is 23.4 Å². The zero-order chi connectivity index (χ0) is 22.5. The number of nitrogens with one attached hydrogen (secondary N) is 2. The lowest BCUT2D eigenvalue weighted by molar-refractivity contribution is -0.137. The van der Waals surface area contributed by atoms with Crippen molar-refractivity contribution < 1.29 is 18.0 Å². The molecule has 1 aliphatic rings. The number of hydrogen-bond acceptors (Lipinski definition) is 7. The van der Waals surface area contributed by atoms with Gasteiger partial charge in [-0.1, -0.05) is 11.3 Å². The van der Waals surface area contributed by atoms with Crippen LogP contribution in [0.25, 0.3) is 16.2 Å². The minimum Gasteiger partial charge on any atom is -0.306 e. The second-order valence-corrected chi connectivity index (χ2v) is 8.42. The Balaban J connectivity index is 1.42. The second kappa shape index (κ2) is 7.51. The first-order valence-electron chi connectivity index (χ1n) is 9.57. The van der Waals surface area contributed by atoms with Gasteiger partial charge in [0.1, 0.15) is 15.9 Å². The van der Waals surface area contributed by atoms with Crippen LogP contribution in [0.2, 0.25) is 0 Å². The van der Waals surface area contributed by atoms with Crippen LogP contribution in [-0.2, 0) is 6.18 Å². The van der Waals surface area contributed by atoms with Gasteiger partial charge in [-0.05, 0) is 31.7 Å². The first kappa shape index (κ1) is 20.3. The quantitative estimate of drug-likeness (QED) is 0.464. The molecule has 0 aromatic carbocycles. The zero-order valence-electron chi connectivity index (χ0n) is 16.5. The lowest BCUT2D eigenvalue weighted by Gasteiger charge is -2.14. The summed E-state index contributed by atoms with van der Waals surface area (Å²) in [6.07, 6.45) is 2.39. The van der Waals surface area contributed by atoms with E-state index in [0.29, 0.717) is 5.69 Å². The van der Waals surface area contributed by atoms with E-state index < -0.39 is 23.6 Å². The van der Waals surface area contributed by atoms with E-state index in [0.717, 1.165) is 50.8 Å². The number of thiazole rings is 1. The number of alkyl halides is 3. The SMILES string of the molecule is Cc1nc2c(C3CC3)c(NC(=O)Nc3cnc(-n4nccn4)c(C(F)(F)F)c3)cnc2s1. The molecule has 2 amide bonds. The molecule has 4 aromatic heterocycles. The summed E-state index contributed by atoms with van der Waals surface area (Å²) in [6.45, 7) is 1.89. The number of rotatable bonds is 4. The van der Waals surface area contributed by atoms with Crippen LogP contribution in [-0.4, -0.2) is 36.0 Å². The Morgan fingerprint density at radius 3 is 2.59 bits per heavy atom. The van der Waals surface area contributed by atoms with Gasteiger partial charge in [0.25, 0.3) is 0 Å². The number of carbonyl (C=O) groups is 1. The van der Waals surface area contributed by atoms with Crippen molar-refractivity contribution in [3.63, 3.8) is 0 Å². The topological polar surface area (TPSA) is 111 Å². The molecule has 0 radical (unpaired) electrons. The van der Waals surface area contributed by atoms with Gasteiger partial charge in [-0.25, -0.2) is 19.7 Å².